The van der Waals surface area contributed by atoms with Crippen molar-refractivity contribution in [2.75, 3.05) is 6.61 Å². The minimum Gasteiger partial charge on any atom is -0.463 e. The lowest BCUT2D eigenvalue weighted by atomic mass is 9.92. The average molecular weight is 253 g/mol. The molecule has 1 aliphatic rings. The van der Waals surface area contributed by atoms with Crippen LogP contribution in [-0.2, 0) is 14.3 Å². The standard InChI is InChI=1S/C14H23NO3/c1-5-18-12(16)10-8-6-7-9-11(10)15-13(17)14(2,3)4/h5-9H2,1-4H3,(H,15,17). The van der Waals surface area contributed by atoms with E-state index in [1.165, 1.54) is 0 Å². The van der Waals surface area contributed by atoms with Crippen LogP contribution in [0, 0.1) is 5.41 Å². The first-order chi connectivity index (χ1) is 8.36. The quantitative estimate of drug-likeness (QED) is 0.786. The van der Waals surface area contributed by atoms with Crippen LogP contribution in [0.3, 0.4) is 0 Å². The molecule has 1 rings (SSSR count). The summed E-state index contributed by atoms with van der Waals surface area (Å²) in [4.78, 5) is 23.8. The second-order valence-electron chi connectivity index (χ2n) is 5.59. The van der Waals surface area contributed by atoms with Crippen molar-refractivity contribution in [2.24, 2.45) is 5.41 Å². The van der Waals surface area contributed by atoms with Gasteiger partial charge in [0.15, 0.2) is 0 Å². The van der Waals surface area contributed by atoms with Crippen molar-refractivity contribution < 1.29 is 14.3 Å². The first-order valence-corrected chi connectivity index (χ1v) is 6.57. The van der Waals surface area contributed by atoms with E-state index in [0.29, 0.717) is 18.6 Å². The molecule has 0 aromatic heterocycles. The lowest BCUT2D eigenvalue weighted by molar-refractivity contribution is -0.138. The molecule has 0 aliphatic heterocycles. The Morgan fingerprint density at radius 1 is 1.22 bits per heavy atom. The largest absolute Gasteiger partial charge is 0.463 e. The minimum absolute atomic E-state index is 0.0544. The van der Waals surface area contributed by atoms with Gasteiger partial charge in [0.05, 0.1) is 12.2 Å². The van der Waals surface area contributed by atoms with Gasteiger partial charge in [-0.05, 0) is 32.6 Å². The van der Waals surface area contributed by atoms with Gasteiger partial charge < -0.3 is 10.1 Å². The number of nitrogens with one attached hydrogen (secondary N) is 1. The summed E-state index contributed by atoms with van der Waals surface area (Å²) in [7, 11) is 0. The van der Waals surface area contributed by atoms with E-state index in [2.05, 4.69) is 5.32 Å². The van der Waals surface area contributed by atoms with Gasteiger partial charge in [0, 0.05) is 11.1 Å². The number of carbonyl (C=O) groups is 2. The van der Waals surface area contributed by atoms with Gasteiger partial charge in [-0.1, -0.05) is 20.8 Å². The van der Waals surface area contributed by atoms with Crippen LogP contribution in [-0.4, -0.2) is 18.5 Å². The van der Waals surface area contributed by atoms with Gasteiger partial charge in [0.1, 0.15) is 0 Å². The third-order valence-corrected chi connectivity index (χ3v) is 2.94. The number of hydrogen-bond donors (Lipinski definition) is 1. The molecule has 0 spiro atoms. The summed E-state index contributed by atoms with van der Waals surface area (Å²) in [6.45, 7) is 7.72. The van der Waals surface area contributed by atoms with E-state index >= 15 is 0 Å². The highest BCUT2D eigenvalue weighted by Gasteiger charge is 2.26. The molecule has 102 valence electrons. The van der Waals surface area contributed by atoms with E-state index in [9.17, 15) is 9.59 Å². The van der Waals surface area contributed by atoms with E-state index in [0.717, 1.165) is 25.0 Å². The Labute approximate surface area is 109 Å². The molecule has 4 heteroatoms. The Morgan fingerprint density at radius 3 is 2.39 bits per heavy atom. The summed E-state index contributed by atoms with van der Waals surface area (Å²) < 4.78 is 5.03. The Hall–Kier alpha value is -1.32. The summed E-state index contributed by atoms with van der Waals surface area (Å²) in [5.41, 5.74) is 0.935. The van der Waals surface area contributed by atoms with Crippen LogP contribution in [0.1, 0.15) is 53.4 Å². The fourth-order valence-electron chi connectivity index (χ4n) is 1.81. The van der Waals surface area contributed by atoms with Crippen molar-refractivity contribution in [3.8, 4) is 0 Å². The second kappa shape index (κ2) is 6.03. The molecule has 0 unspecified atom stereocenters. The first kappa shape index (κ1) is 14.7. The monoisotopic (exact) mass is 253 g/mol. The van der Waals surface area contributed by atoms with Gasteiger partial charge >= 0.3 is 5.97 Å². The number of ether oxygens (including phenoxy) is 1. The van der Waals surface area contributed by atoms with Crippen LogP contribution in [0.5, 0.6) is 0 Å². The molecule has 0 heterocycles. The van der Waals surface area contributed by atoms with Crippen LogP contribution >= 0.6 is 0 Å². The Kier molecular flexibility index (Phi) is 4.93. The van der Waals surface area contributed by atoms with Gasteiger partial charge in [-0.3, -0.25) is 4.79 Å². The summed E-state index contributed by atoms with van der Waals surface area (Å²) in [6, 6.07) is 0. The number of hydrogen-bond acceptors (Lipinski definition) is 3. The summed E-state index contributed by atoms with van der Waals surface area (Å²) in [5.74, 6) is -0.345. The van der Waals surface area contributed by atoms with Crippen LogP contribution in [0.15, 0.2) is 11.3 Å². The molecule has 0 aromatic rings. The third kappa shape index (κ3) is 3.86. The number of allylic oxidation sites excluding steroid dienone is 1. The molecule has 4 nitrogen and oxygen atoms in total. The molecule has 18 heavy (non-hydrogen) atoms. The predicted octanol–water partition coefficient (Wildman–Crippen LogP) is 2.54. The van der Waals surface area contributed by atoms with E-state index in [1.54, 1.807) is 6.92 Å². The molecule has 0 bridgehead atoms. The van der Waals surface area contributed by atoms with Gasteiger partial charge in [0.2, 0.25) is 5.91 Å². The average Bonchev–Trinajstić information content (AvgIpc) is 2.28. The van der Waals surface area contributed by atoms with Gasteiger partial charge in [-0.15, -0.1) is 0 Å². The topological polar surface area (TPSA) is 55.4 Å². The van der Waals surface area contributed by atoms with E-state index in [1.807, 2.05) is 20.8 Å². The van der Waals surface area contributed by atoms with E-state index in [-0.39, 0.29) is 11.9 Å². The molecule has 0 aromatic carbocycles. The molecular weight excluding hydrogens is 230 g/mol. The van der Waals surface area contributed by atoms with Crippen molar-refractivity contribution in [1.82, 2.24) is 5.32 Å². The Balaban J connectivity index is 2.86. The summed E-state index contributed by atoms with van der Waals surface area (Å²) >= 11 is 0. The zero-order valence-electron chi connectivity index (χ0n) is 11.8. The number of esters is 1. The molecule has 0 atom stereocenters. The zero-order valence-corrected chi connectivity index (χ0v) is 11.8. The molecule has 0 radical (unpaired) electrons. The fourth-order valence-corrected chi connectivity index (χ4v) is 1.81. The molecule has 0 saturated heterocycles. The highest BCUT2D eigenvalue weighted by molar-refractivity contribution is 5.91. The number of carbonyl (C=O) groups excluding carboxylic acids is 2. The normalized spacial score (nSPS) is 16.4. The Bertz CT molecular complexity index is 364. The van der Waals surface area contributed by atoms with Crippen LogP contribution in [0.2, 0.25) is 0 Å². The number of rotatable bonds is 3. The van der Waals surface area contributed by atoms with Crippen molar-refractivity contribution in [3.63, 3.8) is 0 Å². The SMILES string of the molecule is CCOC(=O)C1=C(NC(=O)C(C)(C)C)CCCC1. The predicted molar refractivity (Wildman–Crippen MR) is 69.7 cm³/mol. The van der Waals surface area contributed by atoms with E-state index < -0.39 is 5.41 Å². The van der Waals surface area contributed by atoms with Crippen LogP contribution in [0.4, 0.5) is 0 Å². The van der Waals surface area contributed by atoms with Crippen molar-refractivity contribution >= 4 is 11.9 Å². The maximum absolute atomic E-state index is 12.0. The van der Waals surface area contributed by atoms with Gasteiger partial charge in [-0.25, -0.2) is 4.79 Å². The third-order valence-electron chi connectivity index (χ3n) is 2.94. The van der Waals surface area contributed by atoms with Crippen LogP contribution < -0.4 is 5.32 Å². The summed E-state index contributed by atoms with van der Waals surface area (Å²) in [6.07, 6.45) is 3.42. The van der Waals surface area contributed by atoms with Gasteiger partial charge in [0.25, 0.3) is 0 Å². The first-order valence-electron chi connectivity index (χ1n) is 6.57. The molecular formula is C14H23NO3. The minimum atomic E-state index is -0.454. The summed E-state index contributed by atoms with van der Waals surface area (Å²) in [5, 5.41) is 2.89. The molecule has 0 saturated carbocycles. The fraction of sp³-hybridized carbons (Fsp3) is 0.714. The Morgan fingerprint density at radius 2 is 1.83 bits per heavy atom. The second-order valence-corrected chi connectivity index (χ2v) is 5.59. The van der Waals surface area contributed by atoms with Crippen molar-refractivity contribution in [3.05, 3.63) is 11.3 Å². The maximum Gasteiger partial charge on any atom is 0.335 e. The molecule has 1 amide bonds. The van der Waals surface area contributed by atoms with Gasteiger partial charge in [-0.2, -0.15) is 0 Å². The number of amides is 1. The molecule has 1 aliphatic carbocycles. The van der Waals surface area contributed by atoms with E-state index in [4.69, 9.17) is 4.74 Å². The highest BCUT2D eigenvalue weighted by atomic mass is 16.5. The lowest BCUT2D eigenvalue weighted by Crippen LogP contribution is -2.36. The molecule has 0 fully saturated rings. The maximum atomic E-state index is 12.0. The van der Waals surface area contributed by atoms with Crippen LogP contribution in [0.25, 0.3) is 0 Å². The molecule has 1 N–H and O–H groups in total. The van der Waals surface area contributed by atoms with Crippen molar-refractivity contribution in [2.45, 2.75) is 53.4 Å². The zero-order chi connectivity index (χ0) is 13.8. The smallest absolute Gasteiger partial charge is 0.335 e. The highest BCUT2D eigenvalue weighted by Crippen LogP contribution is 2.25. The lowest BCUT2D eigenvalue weighted by Gasteiger charge is -2.24. The van der Waals surface area contributed by atoms with Crippen molar-refractivity contribution in [1.29, 1.82) is 0 Å².